The Morgan fingerprint density at radius 2 is 1.55 bits per heavy atom. The van der Waals surface area contributed by atoms with Crippen LogP contribution in [0.15, 0.2) is 97.2 Å². The van der Waals surface area contributed by atoms with E-state index in [4.69, 9.17) is 0 Å². The normalized spacial score (nSPS) is 11.2. The average Bonchev–Trinajstić information content (AvgIpc) is 3.22. The maximum absolute atomic E-state index is 9.19. The van der Waals surface area contributed by atoms with Crippen molar-refractivity contribution in [2.45, 2.75) is 0 Å². The number of hydrogen-bond donors (Lipinski definition) is 0. The number of hydrogen-bond acceptors (Lipinski definition) is 3. The molecule has 0 saturated heterocycles. The maximum Gasteiger partial charge on any atom is 0.0992 e. The van der Waals surface area contributed by atoms with E-state index in [2.05, 4.69) is 77.8 Å². The molecule has 0 N–H and O–H groups in total. The molecule has 31 heavy (non-hydrogen) atoms. The fourth-order valence-electron chi connectivity index (χ4n) is 4.24. The molecule has 0 unspecified atom stereocenters. The second kappa shape index (κ2) is 7.05. The topological polar surface area (TPSA) is 36.7 Å². The van der Waals surface area contributed by atoms with Crippen LogP contribution >= 0.6 is 11.3 Å². The molecule has 0 aliphatic carbocycles. The molecular formula is C28H16N2S. The van der Waals surface area contributed by atoms with Gasteiger partial charge in [-0.05, 0) is 52.2 Å². The highest BCUT2D eigenvalue weighted by Gasteiger charge is 2.10. The van der Waals surface area contributed by atoms with Crippen molar-refractivity contribution in [3.63, 3.8) is 0 Å². The number of benzene rings is 4. The Balaban J connectivity index is 1.50. The molecule has 2 heterocycles. The van der Waals surface area contributed by atoms with Crippen LogP contribution in [0.1, 0.15) is 5.56 Å². The molecule has 0 bridgehead atoms. The summed E-state index contributed by atoms with van der Waals surface area (Å²) in [6, 6.07) is 33.9. The molecular weight excluding hydrogens is 396 g/mol. The lowest BCUT2D eigenvalue weighted by Gasteiger charge is -2.06. The summed E-state index contributed by atoms with van der Waals surface area (Å²) in [5.41, 5.74) is 4.77. The van der Waals surface area contributed by atoms with Crippen LogP contribution in [0.5, 0.6) is 0 Å². The van der Waals surface area contributed by atoms with Crippen LogP contribution in [0, 0.1) is 11.3 Å². The second-order valence-electron chi connectivity index (χ2n) is 7.60. The molecule has 0 amide bonds. The van der Waals surface area contributed by atoms with Crippen LogP contribution in [0.25, 0.3) is 53.3 Å². The lowest BCUT2D eigenvalue weighted by Crippen LogP contribution is -1.86. The standard InChI is InChI=1S/C28H16N2S/c29-17-18-12-13-30-25(14-18)22-6-3-5-20(15-22)21-8-10-24-27(16-21)31-26-11-9-19-4-1-2-7-23(19)28(24)26/h1-16H. The van der Waals surface area contributed by atoms with Gasteiger partial charge in [0, 0.05) is 31.9 Å². The van der Waals surface area contributed by atoms with Crippen LogP contribution in [0.2, 0.25) is 0 Å². The van der Waals surface area contributed by atoms with Crippen LogP contribution in [-0.2, 0) is 0 Å². The minimum absolute atomic E-state index is 0.620. The molecule has 4 aromatic carbocycles. The van der Waals surface area contributed by atoms with Gasteiger partial charge in [0.2, 0.25) is 0 Å². The van der Waals surface area contributed by atoms with Gasteiger partial charge in [-0.2, -0.15) is 5.26 Å². The van der Waals surface area contributed by atoms with Crippen LogP contribution < -0.4 is 0 Å². The minimum Gasteiger partial charge on any atom is -0.256 e. The Kier molecular flexibility index (Phi) is 4.06. The van der Waals surface area contributed by atoms with Crippen molar-refractivity contribution in [3.05, 3.63) is 103 Å². The van der Waals surface area contributed by atoms with Crippen LogP contribution in [-0.4, -0.2) is 4.98 Å². The van der Waals surface area contributed by atoms with Crippen molar-refractivity contribution < 1.29 is 0 Å². The SMILES string of the molecule is N#Cc1ccnc(-c2cccc(-c3ccc4c(c3)sc3ccc5ccccc5c34)c2)c1. The van der Waals surface area contributed by atoms with E-state index in [0.29, 0.717) is 5.56 Å². The summed E-state index contributed by atoms with van der Waals surface area (Å²) in [5.74, 6) is 0. The van der Waals surface area contributed by atoms with E-state index in [1.807, 2.05) is 29.5 Å². The quantitative estimate of drug-likeness (QED) is 0.291. The number of rotatable bonds is 2. The first-order valence-corrected chi connectivity index (χ1v) is 10.9. The predicted octanol–water partition coefficient (Wildman–Crippen LogP) is 7.81. The number of nitrogens with zero attached hydrogens (tertiary/aromatic N) is 2. The van der Waals surface area contributed by atoms with Crippen molar-refractivity contribution >= 4 is 42.3 Å². The monoisotopic (exact) mass is 412 g/mol. The molecule has 0 spiro atoms. The fraction of sp³-hybridized carbons (Fsp3) is 0. The van der Waals surface area contributed by atoms with Crippen LogP contribution in [0.4, 0.5) is 0 Å². The van der Waals surface area contributed by atoms with E-state index >= 15 is 0 Å². The van der Waals surface area contributed by atoms with Gasteiger partial charge < -0.3 is 0 Å². The summed E-state index contributed by atoms with van der Waals surface area (Å²) < 4.78 is 2.61. The number of fused-ring (bicyclic) bond motifs is 5. The zero-order valence-corrected chi connectivity index (χ0v) is 17.4. The molecule has 6 rings (SSSR count). The maximum atomic E-state index is 9.19. The van der Waals surface area contributed by atoms with Crippen LogP contribution in [0.3, 0.4) is 0 Å². The summed E-state index contributed by atoms with van der Waals surface area (Å²) in [4.78, 5) is 4.45. The largest absolute Gasteiger partial charge is 0.256 e. The lowest BCUT2D eigenvalue weighted by molar-refractivity contribution is 1.31. The molecule has 6 aromatic rings. The summed E-state index contributed by atoms with van der Waals surface area (Å²) in [7, 11) is 0. The number of thiophene rings is 1. The third-order valence-corrected chi connectivity index (χ3v) is 6.86. The highest BCUT2D eigenvalue weighted by Crippen LogP contribution is 2.40. The first-order chi connectivity index (χ1) is 15.3. The Labute approximate surface area is 183 Å². The van der Waals surface area contributed by atoms with E-state index in [1.165, 1.54) is 36.5 Å². The predicted molar refractivity (Wildman–Crippen MR) is 130 cm³/mol. The van der Waals surface area contributed by atoms with E-state index in [1.54, 1.807) is 12.3 Å². The van der Waals surface area contributed by atoms with Gasteiger partial charge in [-0.15, -0.1) is 11.3 Å². The molecule has 3 heteroatoms. The first-order valence-electron chi connectivity index (χ1n) is 10.1. The third kappa shape index (κ3) is 2.97. The summed E-state index contributed by atoms with van der Waals surface area (Å²) in [6.07, 6.45) is 1.69. The van der Waals surface area contributed by atoms with Gasteiger partial charge in [-0.3, -0.25) is 4.98 Å². The van der Waals surface area contributed by atoms with Gasteiger partial charge in [0.25, 0.3) is 0 Å². The Hall–Kier alpha value is -4.00. The average molecular weight is 413 g/mol. The molecule has 144 valence electrons. The zero-order chi connectivity index (χ0) is 20.8. The summed E-state index contributed by atoms with van der Waals surface area (Å²) >= 11 is 1.84. The summed E-state index contributed by atoms with van der Waals surface area (Å²) in [6.45, 7) is 0. The highest BCUT2D eigenvalue weighted by atomic mass is 32.1. The van der Waals surface area contributed by atoms with E-state index in [9.17, 15) is 5.26 Å². The van der Waals surface area contributed by atoms with Crippen molar-refractivity contribution in [1.82, 2.24) is 4.98 Å². The van der Waals surface area contributed by atoms with Gasteiger partial charge in [-0.1, -0.05) is 60.7 Å². The summed E-state index contributed by atoms with van der Waals surface area (Å²) in [5, 5.41) is 14.4. The molecule has 0 radical (unpaired) electrons. The smallest absolute Gasteiger partial charge is 0.0992 e. The molecule has 0 saturated carbocycles. The number of aromatic nitrogens is 1. The molecule has 0 atom stereocenters. The lowest BCUT2D eigenvalue weighted by atomic mass is 9.99. The van der Waals surface area contributed by atoms with Gasteiger partial charge in [0.1, 0.15) is 0 Å². The molecule has 2 nitrogen and oxygen atoms in total. The zero-order valence-electron chi connectivity index (χ0n) is 16.5. The number of nitriles is 1. The van der Waals surface area contributed by atoms with Crippen molar-refractivity contribution in [2.75, 3.05) is 0 Å². The van der Waals surface area contributed by atoms with Gasteiger partial charge in [-0.25, -0.2) is 0 Å². The molecule has 0 aliphatic rings. The van der Waals surface area contributed by atoms with Crippen molar-refractivity contribution in [3.8, 4) is 28.5 Å². The van der Waals surface area contributed by atoms with Crippen molar-refractivity contribution in [2.24, 2.45) is 0 Å². The van der Waals surface area contributed by atoms with Gasteiger partial charge >= 0.3 is 0 Å². The van der Waals surface area contributed by atoms with E-state index in [0.717, 1.165) is 16.8 Å². The fourth-order valence-corrected chi connectivity index (χ4v) is 5.40. The first kappa shape index (κ1) is 17.8. The molecule has 0 fully saturated rings. The Morgan fingerprint density at radius 1 is 0.677 bits per heavy atom. The van der Waals surface area contributed by atoms with Crippen molar-refractivity contribution in [1.29, 1.82) is 5.26 Å². The van der Waals surface area contributed by atoms with E-state index < -0.39 is 0 Å². The Morgan fingerprint density at radius 3 is 2.48 bits per heavy atom. The Bertz CT molecular complexity index is 1650. The van der Waals surface area contributed by atoms with Gasteiger partial charge in [0.15, 0.2) is 0 Å². The minimum atomic E-state index is 0.620. The number of pyridine rings is 1. The highest BCUT2D eigenvalue weighted by molar-refractivity contribution is 7.26. The van der Waals surface area contributed by atoms with E-state index in [-0.39, 0.29) is 0 Å². The van der Waals surface area contributed by atoms with Gasteiger partial charge in [0.05, 0.1) is 17.3 Å². The second-order valence-corrected chi connectivity index (χ2v) is 8.68. The third-order valence-electron chi connectivity index (χ3n) is 5.74. The molecule has 0 aliphatic heterocycles. The molecule has 2 aromatic heterocycles.